The molecule has 0 bridgehead atoms. The number of thiophene rings is 1. The van der Waals surface area contributed by atoms with Gasteiger partial charge in [0.1, 0.15) is 10.6 Å². The lowest BCUT2D eigenvalue weighted by Gasteiger charge is -2.27. The highest BCUT2D eigenvalue weighted by atomic mass is 35.5. The Hall–Kier alpha value is -2.38. The van der Waals surface area contributed by atoms with Crippen molar-refractivity contribution in [1.29, 1.82) is 0 Å². The summed E-state index contributed by atoms with van der Waals surface area (Å²) in [7, 11) is 1.29. The maximum absolute atomic E-state index is 12.9. The Bertz CT molecular complexity index is 937. The standard InChI is InChI=1S/C21H22ClNO5S/c1-11-16(12-7-9-13(22)10-8-12)17(21(27)28-2)19(29-11)23-18(24)14-5-3-4-6-15(14)20(25)26/h7-10,14-15H,3-6H2,1-2H3,(H,23,24)(H,25,26)/t14-,15+/m1/s1. The number of carboxylic acid groups (broad SMARTS) is 1. The van der Waals surface area contributed by atoms with Crippen LogP contribution < -0.4 is 5.32 Å². The Kier molecular flexibility index (Phi) is 6.59. The summed E-state index contributed by atoms with van der Waals surface area (Å²) >= 11 is 7.25. The Labute approximate surface area is 177 Å². The third-order valence-electron chi connectivity index (χ3n) is 5.26. The van der Waals surface area contributed by atoms with Crippen molar-refractivity contribution in [1.82, 2.24) is 0 Å². The van der Waals surface area contributed by atoms with E-state index in [2.05, 4.69) is 5.32 Å². The fraction of sp³-hybridized carbons (Fsp3) is 0.381. The van der Waals surface area contributed by atoms with Crippen LogP contribution >= 0.6 is 22.9 Å². The number of halogens is 1. The summed E-state index contributed by atoms with van der Waals surface area (Å²) in [6, 6.07) is 7.06. The molecule has 1 saturated carbocycles. The van der Waals surface area contributed by atoms with E-state index in [1.807, 2.05) is 6.92 Å². The lowest BCUT2D eigenvalue weighted by atomic mass is 9.78. The summed E-state index contributed by atoms with van der Waals surface area (Å²) in [5, 5.41) is 13.2. The number of aryl methyl sites for hydroxylation is 1. The Balaban J connectivity index is 1.98. The Morgan fingerprint density at radius 1 is 1.14 bits per heavy atom. The second-order valence-electron chi connectivity index (χ2n) is 7.06. The summed E-state index contributed by atoms with van der Waals surface area (Å²) in [5.74, 6) is -3.21. The van der Waals surface area contributed by atoms with Crippen molar-refractivity contribution in [2.45, 2.75) is 32.6 Å². The second kappa shape index (κ2) is 8.97. The van der Waals surface area contributed by atoms with Gasteiger partial charge in [0.2, 0.25) is 5.91 Å². The molecule has 3 rings (SSSR count). The quantitative estimate of drug-likeness (QED) is 0.645. The van der Waals surface area contributed by atoms with Crippen LogP contribution in [0.5, 0.6) is 0 Å². The molecule has 154 valence electrons. The number of hydrogen-bond donors (Lipinski definition) is 2. The monoisotopic (exact) mass is 435 g/mol. The van der Waals surface area contributed by atoms with Crippen molar-refractivity contribution in [3.05, 3.63) is 39.7 Å². The molecule has 1 heterocycles. The molecular weight excluding hydrogens is 414 g/mol. The van der Waals surface area contributed by atoms with E-state index in [0.29, 0.717) is 28.4 Å². The van der Waals surface area contributed by atoms with Crippen LogP contribution in [-0.4, -0.2) is 30.1 Å². The van der Waals surface area contributed by atoms with Crippen LogP contribution in [-0.2, 0) is 14.3 Å². The highest BCUT2D eigenvalue weighted by Crippen LogP contribution is 2.41. The summed E-state index contributed by atoms with van der Waals surface area (Å²) in [6.07, 6.45) is 2.61. The van der Waals surface area contributed by atoms with Crippen LogP contribution in [0.4, 0.5) is 5.00 Å². The van der Waals surface area contributed by atoms with Crippen molar-refractivity contribution < 1.29 is 24.2 Å². The first-order valence-corrected chi connectivity index (χ1v) is 10.5. The van der Waals surface area contributed by atoms with Crippen molar-refractivity contribution in [3.8, 4) is 11.1 Å². The summed E-state index contributed by atoms with van der Waals surface area (Å²) in [4.78, 5) is 37.8. The molecule has 1 fully saturated rings. The molecule has 6 nitrogen and oxygen atoms in total. The number of anilines is 1. The van der Waals surface area contributed by atoms with Crippen LogP contribution in [0.1, 0.15) is 40.9 Å². The SMILES string of the molecule is COC(=O)c1c(NC(=O)[C@@H]2CCCC[C@@H]2C(=O)O)sc(C)c1-c1ccc(Cl)cc1. The van der Waals surface area contributed by atoms with Gasteiger partial charge in [-0.1, -0.05) is 36.6 Å². The van der Waals surface area contributed by atoms with Gasteiger partial charge in [0.25, 0.3) is 0 Å². The number of benzene rings is 1. The fourth-order valence-corrected chi connectivity index (χ4v) is 5.03. The third kappa shape index (κ3) is 4.46. The molecule has 0 unspecified atom stereocenters. The average molecular weight is 436 g/mol. The number of hydrogen-bond acceptors (Lipinski definition) is 5. The minimum absolute atomic E-state index is 0.272. The highest BCUT2D eigenvalue weighted by Gasteiger charge is 2.36. The number of carbonyl (C=O) groups excluding carboxylic acids is 2. The zero-order valence-electron chi connectivity index (χ0n) is 16.2. The number of carbonyl (C=O) groups is 3. The largest absolute Gasteiger partial charge is 0.481 e. The minimum atomic E-state index is -0.956. The topological polar surface area (TPSA) is 92.7 Å². The number of aliphatic carboxylic acids is 1. The van der Waals surface area contributed by atoms with E-state index in [9.17, 15) is 19.5 Å². The van der Waals surface area contributed by atoms with Crippen LogP contribution in [0.2, 0.25) is 5.02 Å². The first-order valence-electron chi connectivity index (χ1n) is 9.34. The number of ether oxygens (including phenoxy) is 1. The number of carboxylic acids is 1. The molecule has 1 amide bonds. The molecule has 0 saturated heterocycles. The van der Waals surface area contributed by atoms with Gasteiger partial charge in [0.05, 0.1) is 18.9 Å². The Morgan fingerprint density at radius 3 is 2.34 bits per heavy atom. The molecule has 2 atom stereocenters. The lowest BCUT2D eigenvalue weighted by molar-refractivity contribution is -0.147. The molecule has 1 aliphatic rings. The van der Waals surface area contributed by atoms with Crippen LogP contribution in [0.25, 0.3) is 11.1 Å². The second-order valence-corrected chi connectivity index (χ2v) is 8.72. The molecule has 8 heteroatoms. The number of rotatable bonds is 5. The molecule has 2 N–H and O–H groups in total. The van der Waals surface area contributed by atoms with Gasteiger partial charge >= 0.3 is 11.9 Å². The molecule has 1 aromatic heterocycles. The highest BCUT2D eigenvalue weighted by molar-refractivity contribution is 7.17. The number of esters is 1. The predicted molar refractivity (Wildman–Crippen MR) is 113 cm³/mol. The first-order chi connectivity index (χ1) is 13.8. The van der Waals surface area contributed by atoms with Gasteiger partial charge in [-0.05, 0) is 37.5 Å². The van der Waals surface area contributed by atoms with Gasteiger partial charge in [-0.2, -0.15) is 0 Å². The third-order valence-corrected chi connectivity index (χ3v) is 6.54. The Morgan fingerprint density at radius 2 is 1.76 bits per heavy atom. The summed E-state index contributed by atoms with van der Waals surface area (Å²) < 4.78 is 4.96. The van der Waals surface area contributed by atoms with Gasteiger partial charge in [0.15, 0.2) is 0 Å². The zero-order valence-corrected chi connectivity index (χ0v) is 17.7. The molecule has 1 aromatic carbocycles. The van der Waals surface area contributed by atoms with Gasteiger partial charge < -0.3 is 15.2 Å². The van der Waals surface area contributed by atoms with Crippen LogP contribution in [0.3, 0.4) is 0 Å². The van der Waals surface area contributed by atoms with E-state index in [4.69, 9.17) is 16.3 Å². The minimum Gasteiger partial charge on any atom is -0.481 e. The summed E-state index contributed by atoms with van der Waals surface area (Å²) in [6.45, 7) is 1.86. The number of amides is 1. The molecule has 0 aliphatic heterocycles. The molecule has 29 heavy (non-hydrogen) atoms. The first kappa shape index (κ1) is 21.3. The lowest BCUT2D eigenvalue weighted by Crippen LogP contribution is -2.36. The van der Waals surface area contributed by atoms with Gasteiger partial charge in [0, 0.05) is 15.5 Å². The van der Waals surface area contributed by atoms with E-state index < -0.39 is 23.8 Å². The fourth-order valence-electron chi connectivity index (χ4n) is 3.84. The zero-order chi connectivity index (χ0) is 21.1. The summed E-state index contributed by atoms with van der Waals surface area (Å²) in [5.41, 5.74) is 1.73. The molecular formula is C21H22ClNO5S. The van der Waals surface area contributed by atoms with E-state index in [1.165, 1.54) is 18.4 Å². The van der Waals surface area contributed by atoms with Gasteiger partial charge in [-0.25, -0.2) is 4.79 Å². The molecule has 1 aliphatic carbocycles. The molecule has 0 radical (unpaired) electrons. The van der Waals surface area contributed by atoms with Crippen molar-refractivity contribution in [2.75, 3.05) is 12.4 Å². The number of methoxy groups -OCH3 is 1. The maximum atomic E-state index is 12.9. The number of nitrogens with one attached hydrogen (secondary N) is 1. The van der Waals surface area contributed by atoms with Gasteiger partial charge in [-0.3, -0.25) is 9.59 Å². The van der Waals surface area contributed by atoms with Gasteiger partial charge in [-0.15, -0.1) is 11.3 Å². The van der Waals surface area contributed by atoms with Crippen LogP contribution in [0, 0.1) is 18.8 Å². The van der Waals surface area contributed by atoms with Crippen molar-refractivity contribution in [3.63, 3.8) is 0 Å². The predicted octanol–water partition coefficient (Wildman–Crippen LogP) is 4.99. The molecule has 0 spiro atoms. The van der Waals surface area contributed by atoms with Crippen molar-refractivity contribution in [2.24, 2.45) is 11.8 Å². The van der Waals surface area contributed by atoms with E-state index >= 15 is 0 Å². The van der Waals surface area contributed by atoms with E-state index in [0.717, 1.165) is 23.3 Å². The van der Waals surface area contributed by atoms with E-state index in [-0.39, 0.29) is 11.5 Å². The molecule has 2 aromatic rings. The smallest absolute Gasteiger partial charge is 0.341 e. The van der Waals surface area contributed by atoms with Crippen LogP contribution in [0.15, 0.2) is 24.3 Å². The van der Waals surface area contributed by atoms with Crippen molar-refractivity contribution >= 4 is 45.8 Å². The maximum Gasteiger partial charge on any atom is 0.341 e. The normalized spacial score (nSPS) is 18.9. The van der Waals surface area contributed by atoms with E-state index in [1.54, 1.807) is 24.3 Å². The average Bonchev–Trinajstić information content (AvgIpc) is 3.03.